The van der Waals surface area contributed by atoms with Crippen LogP contribution in [0.15, 0.2) is 18.2 Å². The Bertz CT molecular complexity index is 426. The lowest BCUT2D eigenvalue weighted by Crippen LogP contribution is -2.42. The largest absolute Gasteiger partial charge is 0.369 e. The van der Waals surface area contributed by atoms with Crippen LogP contribution in [0.25, 0.3) is 0 Å². The Morgan fingerprint density at radius 2 is 2.00 bits per heavy atom. The van der Waals surface area contributed by atoms with Crippen LogP contribution in [-0.2, 0) is 6.54 Å². The Morgan fingerprint density at radius 3 is 2.55 bits per heavy atom. The molecule has 0 radical (unpaired) electrons. The van der Waals surface area contributed by atoms with Gasteiger partial charge in [-0.05, 0) is 51.2 Å². The number of piperidine rings is 1. The second kappa shape index (κ2) is 7.04. The third-order valence-electron chi connectivity index (χ3n) is 4.13. The summed E-state index contributed by atoms with van der Waals surface area (Å²) in [4.78, 5) is 4.44. The quantitative estimate of drug-likeness (QED) is 0.893. The van der Waals surface area contributed by atoms with Crippen LogP contribution in [0, 0.1) is 5.82 Å². The fourth-order valence-corrected chi connectivity index (χ4v) is 2.81. The summed E-state index contributed by atoms with van der Waals surface area (Å²) in [6, 6.07) is 6.25. The van der Waals surface area contributed by atoms with Gasteiger partial charge < -0.3 is 15.1 Å². The zero-order valence-electron chi connectivity index (χ0n) is 12.8. The molecular formula is C16H26FN3. The zero-order chi connectivity index (χ0) is 14.5. The minimum absolute atomic E-state index is 0.0938. The molecule has 2 rings (SSSR count). The summed E-state index contributed by atoms with van der Waals surface area (Å²) in [5.41, 5.74) is 1.76. The Labute approximate surface area is 121 Å². The minimum Gasteiger partial charge on any atom is -0.369 e. The molecule has 0 atom stereocenters. The molecule has 0 aliphatic carbocycles. The van der Waals surface area contributed by atoms with E-state index in [0.717, 1.165) is 50.3 Å². The average molecular weight is 279 g/mol. The number of rotatable bonds is 5. The Kier molecular flexibility index (Phi) is 5.38. The van der Waals surface area contributed by atoms with Crippen molar-refractivity contribution in [1.82, 2.24) is 10.2 Å². The first kappa shape index (κ1) is 15.3. The van der Waals surface area contributed by atoms with E-state index in [2.05, 4.69) is 36.1 Å². The molecule has 1 aliphatic rings. The highest BCUT2D eigenvalue weighted by Crippen LogP contribution is 2.25. The van der Waals surface area contributed by atoms with Crippen molar-refractivity contribution in [3.05, 3.63) is 29.6 Å². The molecule has 0 unspecified atom stereocenters. The first-order chi connectivity index (χ1) is 9.61. The van der Waals surface area contributed by atoms with Gasteiger partial charge in [0.2, 0.25) is 0 Å². The highest BCUT2D eigenvalue weighted by molar-refractivity contribution is 5.49. The van der Waals surface area contributed by atoms with Crippen molar-refractivity contribution in [2.24, 2.45) is 0 Å². The third kappa shape index (κ3) is 3.70. The summed E-state index contributed by atoms with van der Waals surface area (Å²) in [5, 5.41) is 3.22. The van der Waals surface area contributed by atoms with Gasteiger partial charge in [-0.15, -0.1) is 0 Å². The van der Waals surface area contributed by atoms with Gasteiger partial charge in [-0.25, -0.2) is 4.39 Å². The van der Waals surface area contributed by atoms with E-state index < -0.39 is 0 Å². The van der Waals surface area contributed by atoms with Crippen LogP contribution in [-0.4, -0.2) is 44.7 Å². The molecule has 0 spiro atoms. The maximum atomic E-state index is 14.2. The van der Waals surface area contributed by atoms with E-state index in [0.29, 0.717) is 6.04 Å². The summed E-state index contributed by atoms with van der Waals surface area (Å²) < 4.78 is 14.2. The second-order valence-electron chi connectivity index (χ2n) is 5.75. The first-order valence-electron chi connectivity index (χ1n) is 7.52. The van der Waals surface area contributed by atoms with Gasteiger partial charge in [0.15, 0.2) is 0 Å². The molecule has 1 aliphatic heterocycles. The zero-order valence-corrected chi connectivity index (χ0v) is 12.8. The maximum absolute atomic E-state index is 14.2. The van der Waals surface area contributed by atoms with Crippen molar-refractivity contribution in [1.29, 1.82) is 0 Å². The number of halogens is 1. The summed E-state index contributed by atoms with van der Waals surface area (Å²) in [7, 11) is 4.24. The lowest BCUT2D eigenvalue weighted by molar-refractivity contribution is 0.249. The van der Waals surface area contributed by atoms with Crippen molar-refractivity contribution in [2.45, 2.75) is 32.4 Å². The van der Waals surface area contributed by atoms with Crippen molar-refractivity contribution >= 4 is 5.69 Å². The number of nitrogens with one attached hydrogen (secondary N) is 1. The molecular weight excluding hydrogens is 253 g/mol. The molecule has 0 amide bonds. The Morgan fingerprint density at radius 1 is 1.30 bits per heavy atom. The van der Waals surface area contributed by atoms with Crippen LogP contribution in [0.4, 0.5) is 10.1 Å². The Hall–Kier alpha value is -1.13. The topological polar surface area (TPSA) is 18.5 Å². The molecule has 4 heteroatoms. The van der Waals surface area contributed by atoms with Gasteiger partial charge in [0, 0.05) is 25.7 Å². The van der Waals surface area contributed by atoms with E-state index in [-0.39, 0.29) is 5.82 Å². The first-order valence-corrected chi connectivity index (χ1v) is 7.52. The number of hydrogen-bond donors (Lipinski definition) is 1. The fourth-order valence-electron chi connectivity index (χ4n) is 2.81. The highest BCUT2D eigenvalue weighted by atomic mass is 19.1. The average Bonchev–Trinajstić information content (AvgIpc) is 2.45. The standard InChI is InChI=1S/C16H26FN3/c1-4-18-12-13-5-6-16(15(17)11-13)20-9-7-14(8-10-20)19(2)3/h5-6,11,14,18H,4,7-10,12H2,1-3H3. The number of anilines is 1. The monoisotopic (exact) mass is 279 g/mol. The van der Waals surface area contributed by atoms with Crippen molar-refractivity contribution in [3.63, 3.8) is 0 Å². The summed E-state index contributed by atoms with van der Waals surface area (Å²) >= 11 is 0. The van der Waals surface area contributed by atoms with Crippen LogP contribution in [0.5, 0.6) is 0 Å². The van der Waals surface area contributed by atoms with Gasteiger partial charge in [0.1, 0.15) is 5.82 Å². The third-order valence-corrected chi connectivity index (χ3v) is 4.13. The fraction of sp³-hybridized carbons (Fsp3) is 0.625. The van der Waals surface area contributed by atoms with Gasteiger partial charge in [0.25, 0.3) is 0 Å². The van der Waals surface area contributed by atoms with E-state index >= 15 is 0 Å². The molecule has 0 aromatic heterocycles. The van der Waals surface area contributed by atoms with Crippen LogP contribution in [0.1, 0.15) is 25.3 Å². The lowest BCUT2D eigenvalue weighted by atomic mass is 10.0. The molecule has 1 fully saturated rings. The predicted octanol–water partition coefficient (Wildman–Crippen LogP) is 2.47. The molecule has 0 bridgehead atoms. The molecule has 1 N–H and O–H groups in total. The van der Waals surface area contributed by atoms with E-state index in [4.69, 9.17) is 0 Å². The van der Waals surface area contributed by atoms with Gasteiger partial charge in [-0.3, -0.25) is 0 Å². The van der Waals surface area contributed by atoms with E-state index in [1.54, 1.807) is 6.07 Å². The molecule has 3 nitrogen and oxygen atoms in total. The molecule has 1 saturated heterocycles. The minimum atomic E-state index is -0.0938. The SMILES string of the molecule is CCNCc1ccc(N2CCC(N(C)C)CC2)c(F)c1. The van der Waals surface area contributed by atoms with Gasteiger partial charge in [0.05, 0.1) is 5.69 Å². The van der Waals surface area contributed by atoms with Crippen LogP contribution in [0.2, 0.25) is 0 Å². The lowest BCUT2D eigenvalue weighted by Gasteiger charge is -2.36. The number of nitrogens with zero attached hydrogens (tertiary/aromatic N) is 2. The van der Waals surface area contributed by atoms with Crippen LogP contribution < -0.4 is 10.2 Å². The summed E-state index contributed by atoms with van der Waals surface area (Å²) in [5.74, 6) is -0.0938. The maximum Gasteiger partial charge on any atom is 0.146 e. The summed E-state index contributed by atoms with van der Waals surface area (Å²) in [6.07, 6.45) is 2.21. The predicted molar refractivity (Wildman–Crippen MR) is 82.7 cm³/mol. The second-order valence-corrected chi connectivity index (χ2v) is 5.75. The van der Waals surface area contributed by atoms with Crippen molar-refractivity contribution in [2.75, 3.05) is 38.6 Å². The number of benzene rings is 1. The number of hydrogen-bond acceptors (Lipinski definition) is 3. The van der Waals surface area contributed by atoms with E-state index in [1.165, 1.54) is 0 Å². The van der Waals surface area contributed by atoms with Crippen molar-refractivity contribution < 1.29 is 4.39 Å². The smallest absolute Gasteiger partial charge is 0.146 e. The molecule has 112 valence electrons. The van der Waals surface area contributed by atoms with E-state index in [9.17, 15) is 4.39 Å². The van der Waals surface area contributed by atoms with Gasteiger partial charge in [-0.2, -0.15) is 0 Å². The highest BCUT2D eigenvalue weighted by Gasteiger charge is 2.22. The molecule has 1 aromatic carbocycles. The molecule has 0 saturated carbocycles. The van der Waals surface area contributed by atoms with E-state index in [1.807, 2.05) is 12.1 Å². The van der Waals surface area contributed by atoms with Gasteiger partial charge in [-0.1, -0.05) is 13.0 Å². The molecule has 20 heavy (non-hydrogen) atoms. The van der Waals surface area contributed by atoms with Crippen LogP contribution in [0.3, 0.4) is 0 Å². The van der Waals surface area contributed by atoms with Crippen LogP contribution >= 0.6 is 0 Å². The van der Waals surface area contributed by atoms with Gasteiger partial charge >= 0.3 is 0 Å². The Balaban J connectivity index is 1.99. The van der Waals surface area contributed by atoms with Crippen molar-refractivity contribution in [3.8, 4) is 0 Å². The molecule has 1 aromatic rings. The normalized spacial score (nSPS) is 16.9. The summed E-state index contributed by atoms with van der Waals surface area (Å²) in [6.45, 7) is 5.57. The molecule has 1 heterocycles.